The summed E-state index contributed by atoms with van der Waals surface area (Å²) in [5, 5.41) is 13.3. The van der Waals surface area contributed by atoms with E-state index in [1.165, 1.54) is 6.07 Å². The first-order chi connectivity index (χ1) is 12.3. The lowest BCUT2D eigenvalue weighted by molar-refractivity contribution is 0.601. The molecule has 3 aromatic rings. The Balaban J connectivity index is 1.69. The molecular formula is C20H16FN3O. The lowest BCUT2D eigenvalue weighted by atomic mass is 9.97. The fraction of sp³-hybridized carbons (Fsp3) is 0.200. The van der Waals surface area contributed by atoms with Crippen LogP contribution in [0.3, 0.4) is 0 Å². The molecule has 4 rings (SSSR count). The van der Waals surface area contributed by atoms with E-state index in [9.17, 15) is 9.65 Å². The maximum absolute atomic E-state index is 14.4. The van der Waals surface area contributed by atoms with Crippen molar-refractivity contribution in [2.75, 3.05) is 13.1 Å². The Morgan fingerprint density at radius 1 is 1.24 bits per heavy atom. The Labute approximate surface area is 144 Å². The average Bonchev–Trinajstić information content (AvgIpc) is 3.31. The second kappa shape index (κ2) is 6.40. The first-order valence-electron chi connectivity index (χ1n) is 8.22. The van der Waals surface area contributed by atoms with Gasteiger partial charge in [-0.3, -0.25) is 4.99 Å². The number of rotatable bonds is 4. The Morgan fingerprint density at radius 2 is 2.16 bits per heavy atom. The molecule has 25 heavy (non-hydrogen) atoms. The predicted octanol–water partition coefficient (Wildman–Crippen LogP) is 3.58. The topological polar surface area (TPSA) is 61.3 Å². The van der Waals surface area contributed by atoms with Crippen molar-refractivity contribution in [3.63, 3.8) is 0 Å². The Kier molecular flexibility index (Phi) is 3.95. The van der Waals surface area contributed by atoms with Crippen molar-refractivity contribution in [3.05, 3.63) is 70.7 Å². The summed E-state index contributed by atoms with van der Waals surface area (Å²) in [6.07, 6.45) is 2.70. The molecule has 2 heterocycles. The first kappa shape index (κ1) is 15.4. The minimum Gasteiger partial charge on any atom is -0.464 e. The van der Waals surface area contributed by atoms with Gasteiger partial charge in [-0.2, -0.15) is 5.26 Å². The van der Waals surface area contributed by atoms with Gasteiger partial charge in [-0.25, -0.2) is 4.39 Å². The Hall–Kier alpha value is -3.13. The molecule has 0 aliphatic carbocycles. The summed E-state index contributed by atoms with van der Waals surface area (Å²) in [4.78, 5) is 4.41. The minimum absolute atomic E-state index is 0.235. The highest BCUT2D eigenvalue weighted by Crippen LogP contribution is 2.25. The molecule has 0 unspecified atom stereocenters. The van der Waals surface area contributed by atoms with Crippen LogP contribution in [0.1, 0.15) is 22.3 Å². The van der Waals surface area contributed by atoms with Crippen molar-refractivity contribution in [1.82, 2.24) is 5.32 Å². The summed E-state index contributed by atoms with van der Waals surface area (Å²) in [6.45, 7) is 1.49. The van der Waals surface area contributed by atoms with E-state index in [0.29, 0.717) is 30.5 Å². The maximum atomic E-state index is 14.4. The number of aliphatic imine (C=N–C) groups is 1. The Bertz CT molecular complexity index is 1010. The monoisotopic (exact) mass is 333 g/mol. The molecule has 0 saturated heterocycles. The van der Waals surface area contributed by atoms with Crippen LogP contribution in [0.5, 0.6) is 0 Å². The summed E-state index contributed by atoms with van der Waals surface area (Å²) in [7, 11) is 0. The molecule has 0 saturated carbocycles. The summed E-state index contributed by atoms with van der Waals surface area (Å²) in [5.41, 5.74) is 3.70. The van der Waals surface area contributed by atoms with Crippen LogP contribution in [0, 0.1) is 17.1 Å². The van der Waals surface area contributed by atoms with Crippen molar-refractivity contribution in [3.8, 4) is 6.07 Å². The molecule has 1 aromatic heterocycles. The van der Waals surface area contributed by atoms with E-state index in [4.69, 9.17) is 4.42 Å². The van der Waals surface area contributed by atoms with Gasteiger partial charge in [-0.1, -0.05) is 12.1 Å². The van der Waals surface area contributed by atoms with Gasteiger partial charge in [-0.15, -0.1) is 0 Å². The third-order valence-electron chi connectivity index (χ3n) is 4.45. The second-order valence-corrected chi connectivity index (χ2v) is 6.01. The average molecular weight is 333 g/mol. The lowest BCUT2D eigenvalue weighted by Gasteiger charge is -2.11. The van der Waals surface area contributed by atoms with Gasteiger partial charge in [0.2, 0.25) is 0 Å². The van der Waals surface area contributed by atoms with E-state index < -0.39 is 0 Å². The number of hydrogen-bond donors (Lipinski definition) is 1. The standard InChI is InChI=1S/C20H16FN3O/c21-18-3-1-2-17(20-23-7-8-24-20)16(18)5-4-14-10-13(12-22)11-15-6-9-25-19(14)15/h1-3,6,9-11H,4-5,7-8H2,(H,23,24). The number of nitrogens with one attached hydrogen (secondary N) is 1. The van der Waals surface area contributed by atoms with Crippen LogP contribution < -0.4 is 5.32 Å². The summed E-state index contributed by atoms with van der Waals surface area (Å²) in [5.74, 6) is 0.518. The molecule has 1 N–H and O–H groups in total. The fourth-order valence-electron chi connectivity index (χ4n) is 3.28. The number of hydrogen-bond acceptors (Lipinski definition) is 4. The number of benzene rings is 2. The predicted molar refractivity (Wildman–Crippen MR) is 94.1 cm³/mol. The number of fused-ring (bicyclic) bond motifs is 1. The molecule has 5 heteroatoms. The number of amidine groups is 1. The second-order valence-electron chi connectivity index (χ2n) is 6.01. The zero-order chi connectivity index (χ0) is 17.2. The molecule has 0 spiro atoms. The summed E-state index contributed by atoms with van der Waals surface area (Å²) >= 11 is 0. The molecule has 0 atom stereocenters. The largest absolute Gasteiger partial charge is 0.464 e. The smallest absolute Gasteiger partial charge is 0.137 e. The van der Waals surface area contributed by atoms with Gasteiger partial charge in [0, 0.05) is 17.5 Å². The molecule has 1 aliphatic heterocycles. The molecule has 0 bridgehead atoms. The number of furan rings is 1. The highest BCUT2D eigenvalue weighted by Gasteiger charge is 2.17. The molecule has 0 radical (unpaired) electrons. The van der Waals surface area contributed by atoms with Crippen LogP contribution >= 0.6 is 0 Å². The third kappa shape index (κ3) is 2.87. The van der Waals surface area contributed by atoms with Crippen LogP contribution in [-0.4, -0.2) is 18.9 Å². The van der Waals surface area contributed by atoms with Gasteiger partial charge in [0.15, 0.2) is 0 Å². The zero-order valence-corrected chi connectivity index (χ0v) is 13.6. The van der Waals surface area contributed by atoms with Crippen molar-refractivity contribution in [2.24, 2.45) is 4.99 Å². The Morgan fingerprint density at radius 3 is 2.96 bits per heavy atom. The van der Waals surface area contributed by atoms with Crippen molar-refractivity contribution < 1.29 is 8.81 Å². The number of nitrogens with zero attached hydrogens (tertiary/aromatic N) is 2. The molecule has 2 aromatic carbocycles. The van der Waals surface area contributed by atoms with Gasteiger partial charge < -0.3 is 9.73 Å². The van der Waals surface area contributed by atoms with Crippen LogP contribution in [0.25, 0.3) is 11.0 Å². The van der Waals surface area contributed by atoms with Gasteiger partial charge >= 0.3 is 0 Å². The normalized spacial score (nSPS) is 13.5. The molecule has 1 aliphatic rings. The minimum atomic E-state index is -0.235. The lowest BCUT2D eigenvalue weighted by Crippen LogP contribution is -2.21. The highest BCUT2D eigenvalue weighted by atomic mass is 19.1. The number of halogens is 1. The van der Waals surface area contributed by atoms with Gasteiger partial charge in [0.1, 0.15) is 17.2 Å². The van der Waals surface area contributed by atoms with Crippen LogP contribution in [0.4, 0.5) is 4.39 Å². The first-order valence-corrected chi connectivity index (χ1v) is 8.22. The number of aryl methyl sites for hydroxylation is 1. The van der Waals surface area contributed by atoms with Crippen molar-refractivity contribution >= 4 is 16.8 Å². The quantitative estimate of drug-likeness (QED) is 0.794. The maximum Gasteiger partial charge on any atom is 0.137 e. The van der Waals surface area contributed by atoms with Gasteiger partial charge in [0.25, 0.3) is 0 Å². The SMILES string of the molecule is N#Cc1cc(CCc2c(F)cccc2C2=NCCN2)c2occc2c1. The molecular weight excluding hydrogens is 317 g/mol. The highest BCUT2D eigenvalue weighted by molar-refractivity contribution is 6.01. The summed E-state index contributed by atoms with van der Waals surface area (Å²) < 4.78 is 20.0. The number of nitriles is 1. The van der Waals surface area contributed by atoms with E-state index >= 15 is 0 Å². The third-order valence-corrected chi connectivity index (χ3v) is 4.45. The van der Waals surface area contributed by atoms with Gasteiger partial charge in [0.05, 0.1) is 24.4 Å². The van der Waals surface area contributed by atoms with E-state index in [1.807, 2.05) is 18.2 Å². The molecule has 124 valence electrons. The van der Waals surface area contributed by atoms with Crippen molar-refractivity contribution in [1.29, 1.82) is 5.26 Å². The van der Waals surface area contributed by atoms with Crippen LogP contribution in [0.2, 0.25) is 0 Å². The van der Waals surface area contributed by atoms with Gasteiger partial charge in [-0.05, 0) is 48.2 Å². The van der Waals surface area contributed by atoms with Crippen LogP contribution in [0.15, 0.2) is 52.1 Å². The molecule has 4 nitrogen and oxygen atoms in total. The van der Waals surface area contributed by atoms with Crippen LogP contribution in [-0.2, 0) is 12.8 Å². The zero-order valence-electron chi connectivity index (χ0n) is 13.6. The molecule has 0 fully saturated rings. The fourth-order valence-corrected chi connectivity index (χ4v) is 3.28. The van der Waals surface area contributed by atoms with E-state index in [0.717, 1.165) is 34.5 Å². The molecule has 0 amide bonds. The summed E-state index contributed by atoms with van der Waals surface area (Å²) in [6, 6.07) is 12.7. The van der Waals surface area contributed by atoms with Crippen molar-refractivity contribution in [2.45, 2.75) is 12.8 Å². The van der Waals surface area contributed by atoms with E-state index in [1.54, 1.807) is 18.4 Å². The van der Waals surface area contributed by atoms with E-state index in [2.05, 4.69) is 16.4 Å². The van der Waals surface area contributed by atoms with E-state index in [-0.39, 0.29) is 5.82 Å².